The molecule has 4 rings (SSSR count). The third-order valence-corrected chi connectivity index (χ3v) is 6.92. The highest BCUT2D eigenvalue weighted by Crippen LogP contribution is 2.41. The minimum atomic E-state index is -1.28. The molecule has 2 aromatic carbocycles. The molecule has 0 aromatic heterocycles. The van der Waals surface area contributed by atoms with Crippen molar-refractivity contribution in [1.82, 2.24) is 9.80 Å². The number of hydrogen-bond donors (Lipinski definition) is 0. The van der Waals surface area contributed by atoms with Gasteiger partial charge >= 0.3 is 5.97 Å². The van der Waals surface area contributed by atoms with Gasteiger partial charge in [-0.15, -0.1) is 0 Å². The summed E-state index contributed by atoms with van der Waals surface area (Å²) in [7, 11) is 1.46. The average Bonchev–Trinajstić information content (AvgIpc) is 3.08. The predicted octanol–water partition coefficient (Wildman–Crippen LogP) is 3.31. The smallest absolute Gasteiger partial charge is 0.328 e. The van der Waals surface area contributed by atoms with Crippen LogP contribution in [-0.4, -0.2) is 59.7 Å². The van der Waals surface area contributed by atoms with E-state index in [2.05, 4.69) is 0 Å². The molecular weight excluding hydrogens is 432 g/mol. The fraction of sp³-hybridized carbons (Fsp3) is 0.407. The fourth-order valence-electron chi connectivity index (χ4n) is 5.04. The topological polar surface area (TPSA) is 84.0 Å². The number of amides is 3. The lowest BCUT2D eigenvalue weighted by Crippen LogP contribution is -2.51. The molecule has 178 valence electrons. The third-order valence-electron chi connectivity index (χ3n) is 6.92. The standard InChI is InChI=1S/C27H30N2O5/c1-3-34-25(32)22-11-7-8-16-29(22)24(31)18-27(17-23(30)28(2)26(27)33)21-14-12-20(13-15-21)19-9-5-4-6-10-19/h4-6,9-10,12-15,22H,3,7-8,11,16-18H2,1-2H3/t22-,27+/m0/s1. The van der Waals surface area contributed by atoms with Crippen molar-refractivity contribution in [2.45, 2.75) is 50.5 Å². The van der Waals surface area contributed by atoms with Crippen molar-refractivity contribution in [3.8, 4) is 11.1 Å². The van der Waals surface area contributed by atoms with E-state index in [-0.39, 0.29) is 37.2 Å². The Morgan fingerprint density at radius 3 is 2.29 bits per heavy atom. The molecule has 2 aromatic rings. The Kier molecular flexibility index (Phi) is 6.82. The molecule has 0 spiro atoms. The van der Waals surface area contributed by atoms with Crippen molar-refractivity contribution < 1.29 is 23.9 Å². The lowest BCUT2D eigenvalue weighted by atomic mass is 9.75. The molecule has 2 saturated heterocycles. The number of nitrogens with zero attached hydrogens (tertiary/aromatic N) is 2. The van der Waals surface area contributed by atoms with E-state index >= 15 is 0 Å². The first-order valence-corrected chi connectivity index (χ1v) is 11.8. The molecule has 2 aliphatic heterocycles. The Balaban J connectivity index is 1.66. The van der Waals surface area contributed by atoms with E-state index in [0.29, 0.717) is 18.5 Å². The molecule has 2 fully saturated rings. The van der Waals surface area contributed by atoms with E-state index in [0.717, 1.165) is 28.9 Å². The fourth-order valence-corrected chi connectivity index (χ4v) is 5.04. The van der Waals surface area contributed by atoms with E-state index in [1.54, 1.807) is 6.92 Å². The van der Waals surface area contributed by atoms with Gasteiger partial charge in [-0.05, 0) is 42.9 Å². The van der Waals surface area contributed by atoms with E-state index in [9.17, 15) is 19.2 Å². The van der Waals surface area contributed by atoms with Crippen molar-refractivity contribution >= 4 is 23.7 Å². The SMILES string of the molecule is CCOC(=O)[C@@H]1CCCCN1C(=O)C[C@@]1(c2ccc(-c3ccccc3)cc2)CC(=O)N(C)C1=O. The quantitative estimate of drug-likeness (QED) is 0.486. The number of carbonyl (C=O) groups is 4. The maximum atomic E-state index is 13.5. The highest BCUT2D eigenvalue weighted by molar-refractivity contribution is 6.10. The lowest BCUT2D eigenvalue weighted by Gasteiger charge is -2.36. The molecule has 0 radical (unpaired) electrons. The molecule has 2 atom stereocenters. The number of piperidine rings is 1. The number of benzene rings is 2. The van der Waals surface area contributed by atoms with Gasteiger partial charge in [-0.3, -0.25) is 19.3 Å². The van der Waals surface area contributed by atoms with Gasteiger partial charge in [0, 0.05) is 26.4 Å². The minimum Gasteiger partial charge on any atom is -0.464 e. The molecule has 0 bridgehead atoms. The number of imide groups is 1. The summed E-state index contributed by atoms with van der Waals surface area (Å²) in [4.78, 5) is 54.6. The summed E-state index contributed by atoms with van der Waals surface area (Å²) in [6.45, 7) is 2.41. The summed E-state index contributed by atoms with van der Waals surface area (Å²) in [5.41, 5.74) is 1.37. The average molecular weight is 463 g/mol. The van der Waals surface area contributed by atoms with Crippen molar-refractivity contribution in [2.24, 2.45) is 0 Å². The molecule has 3 amide bonds. The van der Waals surface area contributed by atoms with Crippen molar-refractivity contribution in [1.29, 1.82) is 0 Å². The van der Waals surface area contributed by atoms with Gasteiger partial charge in [-0.1, -0.05) is 54.6 Å². The number of hydrogen-bond acceptors (Lipinski definition) is 5. The summed E-state index contributed by atoms with van der Waals surface area (Å²) in [5, 5.41) is 0. The predicted molar refractivity (Wildman–Crippen MR) is 127 cm³/mol. The Morgan fingerprint density at radius 1 is 1.00 bits per heavy atom. The summed E-state index contributed by atoms with van der Waals surface area (Å²) in [6, 6.07) is 16.7. The van der Waals surface area contributed by atoms with E-state index in [1.807, 2.05) is 54.6 Å². The summed E-state index contributed by atoms with van der Waals surface area (Å²) < 4.78 is 5.19. The minimum absolute atomic E-state index is 0.0727. The highest BCUT2D eigenvalue weighted by Gasteiger charge is 2.53. The Bertz CT molecular complexity index is 1080. The maximum absolute atomic E-state index is 13.5. The largest absolute Gasteiger partial charge is 0.464 e. The zero-order valence-electron chi connectivity index (χ0n) is 19.7. The van der Waals surface area contributed by atoms with Gasteiger partial charge in [0.05, 0.1) is 12.0 Å². The first kappa shape index (κ1) is 23.7. The van der Waals surface area contributed by atoms with E-state index in [1.165, 1.54) is 11.9 Å². The van der Waals surface area contributed by atoms with Crippen LogP contribution >= 0.6 is 0 Å². The van der Waals surface area contributed by atoms with Gasteiger partial charge < -0.3 is 9.64 Å². The van der Waals surface area contributed by atoms with Crippen LogP contribution in [0, 0.1) is 0 Å². The van der Waals surface area contributed by atoms with Crippen molar-refractivity contribution in [3.05, 3.63) is 60.2 Å². The third kappa shape index (κ3) is 4.34. The Hall–Kier alpha value is -3.48. The molecule has 34 heavy (non-hydrogen) atoms. The van der Waals surface area contributed by atoms with Crippen LogP contribution in [0.3, 0.4) is 0 Å². The second-order valence-electron chi connectivity index (χ2n) is 8.99. The van der Waals surface area contributed by atoms with Crippen LogP contribution in [0.1, 0.15) is 44.6 Å². The van der Waals surface area contributed by atoms with Gasteiger partial charge in [-0.2, -0.15) is 0 Å². The van der Waals surface area contributed by atoms with Gasteiger partial charge in [0.25, 0.3) is 0 Å². The zero-order chi connectivity index (χ0) is 24.3. The zero-order valence-corrected chi connectivity index (χ0v) is 19.7. The van der Waals surface area contributed by atoms with E-state index < -0.39 is 17.4 Å². The van der Waals surface area contributed by atoms with Gasteiger partial charge in [0.1, 0.15) is 6.04 Å². The number of carbonyl (C=O) groups excluding carboxylic acids is 4. The molecular formula is C27H30N2O5. The van der Waals surface area contributed by atoms with Crippen LogP contribution < -0.4 is 0 Å². The normalized spacial score (nSPS) is 22.7. The lowest BCUT2D eigenvalue weighted by molar-refractivity contribution is -0.157. The molecule has 0 unspecified atom stereocenters. The van der Waals surface area contributed by atoms with Crippen LogP contribution in [0.4, 0.5) is 0 Å². The molecule has 0 saturated carbocycles. The summed E-state index contributed by atoms with van der Waals surface area (Å²) in [5.74, 6) is -1.42. The molecule has 7 nitrogen and oxygen atoms in total. The maximum Gasteiger partial charge on any atom is 0.328 e. The van der Waals surface area contributed by atoms with Crippen LogP contribution in [0.5, 0.6) is 0 Å². The van der Waals surface area contributed by atoms with Crippen LogP contribution in [0.15, 0.2) is 54.6 Å². The Morgan fingerprint density at radius 2 is 1.68 bits per heavy atom. The molecule has 2 heterocycles. The van der Waals surface area contributed by atoms with Crippen molar-refractivity contribution in [3.63, 3.8) is 0 Å². The summed E-state index contributed by atoms with van der Waals surface area (Å²) in [6.07, 6.45) is 1.92. The second kappa shape index (κ2) is 9.79. The highest BCUT2D eigenvalue weighted by atomic mass is 16.5. The Labute approximate surface area is 199 Å². The number of ether oxygens (including phenoxy) is 1. The van der Waals surface area contributed by atoms with Gasteiger partial charge in [0.2, 0.25) is 17.7 Å². The van der Waals surface area contributed by atoms with Gasteiger partial charge in [0.15, 0.2) is 0 Å². The molecule has 0 N–H and O–H groups in total. The first-order valence-electron chi connectivity index (χ1n) is 11.8. The number of likely N-dealkylation sites (N-methyl/N-ethyl adjacent to an activating group) is 1. The molecule has 0 aliphatic carbocycles. The first-order chi connectivity index (χ1) is 16.4. The van der Waals surface area contributed by atoms with Crippen LogP contribution in [0.25, 0.3) is 11.1 Å². The number of rotatable bonds is 6. The second-order valence-corrected chi connectivity index (χ2v) is 8.99. The number of esters is 1. The molecule has 2 aliphatic rings. The van der Waals surface area contributed by atoms with Crippen LogP contribution in [0.2, 0.25) is 0 Å². The molecule has 7 heteroatoms. The van der Waals surface area contributed by atoms with E-state index in [4.69, 9.17) is 4.74 Å². The summed E-state index contributed by atoms with van der Waals surface area (Å²) >= 11 is 0. The van der Waals surface area contributed by atoms with Crippen molar-refractivity contribution in [2.75, 3.05) is 20.2 Å². The van der Waals surface area contributed by atoms with Crippen LogP contribution in [-0.2, 0) is 29.3 Å². The van der Waals surface area contributed by atoms with Gasteiger partial charge in [-0.25, -0.2) is 4.79 Å². The number of likely N-dealkylation sites (tertiary alicyclic amines) is 2. The monoisotopic (exact) mass is 462 g/mol.